The average Bonchev–Trinajstić information content (AvgIpc) is 2.78. The quantitative estimate of drug-likeness (QED) is 0.889. The monoisotopic (exact) mass is 366 g/mol. The molecule has 0 aromatic heterocycles. The van der Waals surface area contributed by atoms with Gasteiger partial charge in [-0.25, -0.2) is 4.39 Å². The lowest BCUT2D eigenvalue weighted by molar-refractivity contribution is -0.130. The molecule has 1 fully saturated rings. The van der Waals surface area contributed by atoms with Crippen molar-refractivity contribution in [2.75, 3.05) is 19.7 Å². The molecule has 2 N–H and O–H groups in total. The first-order chi connectivity index (χ1) is 9.06. The minimum absolute atomic E-state index is 0. The Bertz CT molecular complexity index is 476. The number of hydrogen-bond donors (Lipinski definition) is 1. The number of likely N-dealkylation sites (tertiary alicyclic amines) is 1. The Balaban J connectivity index is 0.00000200. The zero-order chi connectivity index (χ0) is 13.8. The standard InChI is InChI=1S/C13H16BrFN2O2.ClH/c14-9-1-2-12(11(15)7-9)19-6-4-13(18)17-5-3-10(16)8-17;/h1-2,7,10H,3-6,8,16H2;1H. The largest absolute Gasteiger partial charge is 0.490 e. The number of nitrogens with two attached hydrogens (primary N) is 1. The number of carbonyl (C=O) groups excluding carboxylic acids is 1. The lowest BCUT2D eigenvalue weighted by Gasteiger charge is -2.16. The Morgan fingerprint density at radius 2 is 2.30 bits per heavy atom. The summed E-state index contributed by atoms with van der Waals surface area (Å²) in [4.78, 5) is 13.5. The van der Waals surface area contributed by atoms with Gasteiger partial charge in [-0.05, 0) is 24.6 Å². The van der Waals surface area contributed by atoms with E-state index in [0.717, 1.165) is 6.42 Å². The maximum Gasteiger partial charge on any atom is 0.226 e. The van der Waals surface area contributed by atoms with Crippen LogP contribution in [0.2, 0.25) is 0 Å². The summed E-state index contributed by atoms with van der Waals surface area (Å²) in [6.07, 6.45) is 1.08. The van der Waals surface area contributed by atoms with Crippen molar-refractivity contribution in [3.63, 3.8) is 0 Å². The lowest BCUT2D eigenvalue weighted by Crippen LogP contribution is -2.32. The predicted octanol–water partition coefficient (Wildman–Crippen LogP) is 2.34. The number of benzene rings is 1. The molecule has 0 aliphatic carbocycles. The number of hydrogen-bond acceptors (Lipinski definition) is 3. The second-order valence-corrected chi connectivity index (χ2v) is 5.48. The van der Waals surface area contributed by atoms with Crippen LogP contribution >= 0.6 is 28.3 Å². The maximum absolute atomic E-state index is 13.5. The summed E-state index contributed by atoms with van der Waals surface area (Å²) in [5, 5.41) is 0. The maximum atomic E-state index is 13.5. The molecule has 7 heteroatoms. The van der Waals surface area contributed by atoms with Crippen molar-refractivity contribution in [1.29, 1.82) is 0 Å². The molecule has 112 valence electrons. The number of ether oxygens (including phenoxy) is 1. The normalized spacial score (nSPS) is 17.8. The topological polar surface area (TPSA) is 55.6 Å². The van der Waals surface area contributed by atoms with E-state index in [4.69, 9.17) is 10.5 Å². The highest BCUT2D eigenvalue weighted by Gasteiger charge is 2.23. The van der Waals surface area contributed by atoms with Crippen molar-refractivity contribution < 1.29 is 13.9 Å². The highest BCUT2D eigenvalue weighted by atomic mass is 79.9. The molecule has 1 aromatic rings. The van der Waals surface area contributed by atoms with Crippen molar-refractivity contribution in [2.24, 2.45) is 5.73 Å². The Hall–Kier alpha value is -0.850. The summed E-state index contributed by atoms with van der Waals surface area (Å²) < 4.78 is 19.4. The Kier molecular flexibility index (Phi) is 6.71. The fraction of sp³-hybridized carbons (Fsp3) is 0.462. The molecule has 1 saturated heterocycles. The molecule has 1 aliphatic heterocycles. The Labute approximate surface area is 132 Å². The van der Waals surface area contributed by atoms with Gasteiger partial charge in [0.15, 0.2) is 11.6 Å². The summed E-state index contributed by atoms with van der Waals surface area (Å²) in [5.74, 6) is -0.274. The van der Waals surface area contributed by atoms with Crippen LogP contribution in [0.15, 0.2) is 22.7 Å². The molecule has 1 aliphatic rings. The third-order valence-electron chi connectivity index (χ3n) is 3.04. The lowest BCUT2D eigenvalue weighted by atomic mass is 10.3. The third-order valence-corrected chi connectivity index (χ3v) is 3.54. The zero-order valence-corrected chi connectivity index (χ0v) is 13.3. The van der Waals surface area contributed by atoms with Crippen LogP contribution in [0.5, 0.6) is 5.75 Å². The van der Waals surface area contributed by atoms with Crippen LogP contribution in [0.3, 0.4) is 0 Å². The Morgan fingerprint density at radius 3 is 2.90 bits per heavy atom. The van der Waals surface area contributed by atoms with Gasteiger partial charge in [0.1, 0.15) is 0 Å². The molecule has 1 atom stereocenters. The van der Waals surface area contributed by atoms with Crippen molar-refractivity contribution in [2.45, 2.75) is 18.9 Å². The van der Waals surface area contributed by atoms with E-state index >= 15 is 0 Å². The number of amides is 1. The van der Waals surface area contributed by atoms with E-state index in [2.05, 4.69) is 15.9 Å². The zero-order valence-electron chi connectivity index (χ0n) is 10.9. The van der Waals surface area contributed by atoms with Crippen molar-refractivity contribution in [3.05, 3.63) is 28.5 Å². The smallest absolute Gasteiger partial charge is 0.226 e. The first-order valence-corrected chi connectivity index (χ1v) is 6.97. The summed E-state index contributed by atoms with van der Waals surface area (Å²) in [6, 6.07) is 4.64. The SMILES string of the molecule is Cl.NC1CCN(C(=O)CCOc2ccc(Br)cc2F)C1. The fourth-order valence-corrected chi connectivity index (χ4v) is 2.35. The van der Waals surface area contributed by atoms with Crippen LogP contribution in [0.1, 0.15) is 12.8 Å². The van der Waals surface area contributed by atoms with E-state index in [1.807, 2.05) is 0 Å². The van der Waals surface area contributed by atoms with Gasteiger partial charge in [-0.15, -0.1) is 12.4 Å². The molecule has 0 spiro atoms. The van der Waals surface area contributed by atoms with Crippen LogP contribution in [-0.4, -0.2) is 36.5 Å². The number of rotatable bonds is 4. The molecule has 1 amide bonds. The molecule has 1 heterocycles. The van der Waals surface area contributed by atoms with Gasteiger partial charge in [0.2, 0.25) is 5.91 Å². The van der Waals surface area contributed by atoms with Crippen LogP contribution < -0.4 is 10.5 Å². The minimum Gasteiger partial charge on any atom is -0.490 e. The Morgan fingerprint density at radius 1 is 1.55 bits per heavy atom. The summed E-state index contributed by atoms with van der Waals surface area (Å²) in [5.41, 5.74) is 5.74. The first kappa shape index (κ1) is 17.2. The van der Waals surface area contributed by atoms with Crippen LogP contribution in [-0.2, 0) is 4.79 Å². The van der Waals surface area contributed by atoms with Gasteiger partial charge in [-0.1, -0.05) is 15.9 Å². The van der Waals surface area contributed by atoms with Gasteiger partial charge >= 0.3 is 0 Å². The summed E-state index contributed by atoms with van der Waals surface area (Å²) in [6.45, 7) is 1.47. The number of nitrogens with zero attached hydrogens (tertiary/aromatic N) is 1. The van der Waals surface area contributed by atoms with E-state index < -0.39 is 5.82 Å². The van der Waals surface area contributed by atoms with E-state index in [0.29, 0.717) is 17.6 Å². The van der Waals surface area contributed by atoms with E-state index in [1.54, 1.807) is 11.0 Å². The highest BCUT2D eigenvalue weighted by molar-refractivity contribution is 9.10. The second-order valence-electron chi connectivity index (χ2n) is 4.56. The molecule has 1 unspecified atom stereocenters. The molecular formula is C13H17BrClFN2O2. The molecule has 20 heavy (non-hydrogen) atoms. The van der Waals surface area contributed by atoms with Gasteiger partial charge in [-0.3, -0.25) is 4.79 Å². The molecular weight excluding hydrogens is 351 g/mol. The van der Waals surface area contributed by atoms with E-state index in [1.165, 1.54) is 12.1 Å². The molecule has 0 saturated carbocycles. The third kappa shape index (κ3) is 4.61. The van der Waals surface area contributed by atoms with Crippen molar-refractivity contribution in [1.82, 2.24) is 4.90 Å². The van der Waals surface area contributed by atoms with Crippen molar-refractivity contribution in [3.8, 4) is 5.75 Å². The van der Waals surface area contributed by atoms with Gasteiger partial charge in [0, 0.05) is 23.6 Å². The van der Waals surface area contributed by atoms with Gasteiger partial charge < -0.3 is 15.4 Å². The molecule has 0 radical (unpaired) electrons. The van der Waals surface area contributed by atoms with Crippen molar-refractivity contribution >= 4 is 34.2 Å². The van der Waals surface area contributed by atoms with E-state index in [-0.39, 0.29) is 43.1 Å². The second kappa shape index (κ2) is 7.81. The average molecular weight is 368 g/mol. The predicted molar refractivity (Wildman–Crippen MR) is 80.6 cm³/mol. The molecule has 4 nitrogen and oxygen atoms in total. The van der Waals surface area contributed by atoms with Gasteiger partial charge in [-0.2, -0.15) is 0 Å². The molecule has 2 rings (SSSR count). The minimum atomic E-state index is -0.440. The van der Waals surface area contributed by atoms with Crippen LogP contribution in [0, 0.1) is 5.82 Å². The van der Waals surface area contributed by atoms with Gasteiger partial charge in [0.05, 0.1) is 13.0 Å². The molecule has 0 bridgehead atoms. The first-order valence-electron chi connectivity index (χ1n) is 6.17. The fourth-order valence-electron chi connectivity index (χ4n) is 2.01. The van der Waals surface area contributed by atoms with E-state index in [9.17, 15) is 9.18 Å². The highest BCUT2D eigenvalue weighted by Crippen LogP contribution is 2.21. The summed E-state index contributed by atoms with van der Waals surface area (Å²) >= 11 is 3.17. The molecule has 1 aromatic carbocycles. The number of carbonyl (C=O) groups is 1. The van der Waals surface area contributed by atoms with Crippen LogP contribution in [0.4, 0.5) is 4.39 Å². The van der Waals surface area contributed by atoms with Gasteiger partial charge in [0.25, 0.3) is 0 Å². The van der Waals surface area contributed by atoms with Crippen LogP contribution in [0.25, 0.3) is 0 Å². The summed E-state index contributed by atoms with van der Waals surface area (Å²) in [7, 11) is 0. The number of halogens is 3.